The molecule has 4 heteroatoms. The third-order valence-electron chi connectivity index (χ3n) is 3.96. The van der Waals surface area contributed by atoms with Gasteiger partial charge in [0.25, 0.3) is 0 Å². The van der Waals surface area contributed by atoms with Crippen molar-refractivity contribution in [1.82, 2.24) is 5.32 Å². The topological polar surface area (TPSA) is 64.3 Å². The fourth-order valence-electron chi connectivity index (χ4n) is 2.72. The summed E-state index contributed by atoms with van der Waals surface area (Å²) in [5.41, 5.74) is 10.9. The van der Waals surface area contributed by atoms with Gasteiger partial charge in [0.2, 0.25) is 0 Å². The molecule has 0 radical (unpaired) electrons. The summed E-state index contributed by atoms with van der Waals surface area (Å²) in [5, 5.41) is 2.71. The van der Waals surface area contributed by atoms with Crippen LogP contribution in [0.5, 0.6) is 0 Å². The summed E-state index contributed by atoms with van der Waals surface area (Å²) in [6, 6.07) is 2.16. The minimum absolute atomic E-state index is 0.288. The molecule has 1 aromatic carbocycles. The molecule has 18 heavy (non-hydrogen) atoms. The standard InChI is InChI=1S/C14H20N2O2/c1-8-5-9(2)11(4)12(10(8)3)14(6-15)7-16-13(17)18-14/h5H,6-7,15H2,1-4H3,(H,16,17). The Bertz CT molecular complexity index is 485. The summed E-state index contributed by atoms with van der Waals surface area (Å²) in [5.74, 6) is 0. The van der Waals surface area contributed by atoms with Gasteiger partial charge in [0.1, 0.15) is 0 Å². The van der Waals surface area contributed by atoms with E-state index >= 15 is 0 Å². The fraction of sp³-hybridized carbons (Fsp3) is 0.500. The molecule has 98 valence electrons. The second kappa shape index (κ2) is 4.28. The lowest BCUT2D eigenvalue weighted by molar-refractivity contribution is 0.0606. The Hall–Kier alpha value is -1.55. The average molecular weight is 248 g/mol. The first-order valence-corrected chi connectivity index (χ1v) is 6.16. The van der Waals surface area contributed by atoms with E-state index < -0.39 is 11.7 Å². The highest BCUT2D eigenvalue weighted by Gasteiger charge is 2.43. The van der Waals surface area contributed by atoms with Crippen LogP contribution in [0.2, 0.25) is 0 Å². The van der Waals surface area contributed by atoms with E-state index in [-0.39, 0.29) is 6.54 Å². The number of alkyl carbamates (subject to hydrolysis) is 1. The first kappa shape index (κ1) is 12.9. The molecule has 3 N–H and O–H groups in total. The van der Waals surface area contributed by atoms with Crippen LogP contribution in [0.25, 0.3) is 0 Å². The molecule has 0 spiro atoms. The summed E-state index contributed by atoms with van der Waals surface area (Å²) in [7, 11) is 0. The number of nitrogens with two attached hydrogens (primary N) is 1. The number of nitrogens with one attached hydrogen (secondary N) is 1. The number of hydrogen-bond acceptors (Lipinski definition) is 3. The monoisotopic (exact) mass is 248 g/mol. The Labute approximate surface area is 108 Å². The molecule has 1 atom stereocenters. The van der Waals surface area contributed by atoms with Crippen molar-refractivity contribution in [2.24, 2.45) is 5.73 Å². The van der Waals surface area contributed by atoms with Crippen LogP contribution in [0.1, 0.15) is 27.8 Å². The Morgan fingerprint density at radius 3 is 2.22 bits per heavy atom. The zero-order chi connectivity index (χ0) is 13.5. The van der Waals surface area contributed by atoms with Crippen molar-refractivity contribution in [3.05, 3.63) is 33.9 Å². The molecule has 0 saturated carbocycles. The molecular weight excluding hydrogens is 228 g/mol. The van der Waals surface area contributed by atoms with Gasteiger partial charge < -0.3 is 15.8 Å². The number of carbonyl (C=O) groups excluding carboxylic acids is 1. The van der Waals surface area contributed by atoms with Crippen molar-refractivity contribution in [2.75, 3.05) is 13.1 Å². The van der Waals surface area contributed by atoms with Crippen LogP contribution in [0.4, 0.5) is 4.79 Å². The molecule has 1 amide bonds. The maximum absolute atomic E-state index is 11.4. The minimum atomic E-state index is -0.720. The maximum Gasteiger partial charge on any atom is 0.408 e. The van der Waals surface area contributed by atoms with Gasteiger partial charge in [-0.3, -0.25) is 0 Å². The molecule has 0 bridgehead atoms. The van der Waals surface area contributed by atoms with Crippen LogP contribution in [-0.4, -0.2) is 19.2 Å². The minimum Gasteiger partial charge on any atom is -0.435 e. The van der Waals surface area contributed by atoms with E-state index in [1.807, 2.05) is 0 Å². The Morgan fingerprint density at radius 2 is 1.83 bits per heavy atom. The third-order valence-corrected chi connectivity index (χ3v) is 3.96. The molecule has 0 aromatic heterocycles. The molecule has 1 aliphatic rings. The zero-order valence-corrected chi connectivity index (χ0v) is 11.4. The molecule has 0 aliphatic carbocycles. The van der Waals surface area contributed by atoms with Crippen molar-refractivity contribution in [2.45, 2.75) is 33.3 Å². The molecular formula is C14H20N2O2. The van der Waals surface area contributed by atoms with E-state index in [1.54, 1.807) is 0 Å². The van der Waals surface area contributed by atoms with Gasteiger partial charge in [0, 0.05) is 12.1 Å². The predicted octanol–water partition coefficient (Wildman–Crippen LogP) is 1.81. The highest BCUT2D eigenvalue weighted by Crippen LogP contribution is 2.35. The summed E-state index contributed by atoms with van der Waals surface area (Å²) in [6.07, 6.45) is -0.390. The number of benzene rings is 1. The van der Waals surface area contributed by atoms with Crippen LogP contribution >= 0.6 is 0 Å². The number of ether oxygens (including phenoxy) is 1. The van der Waals surface area contributed by atoms with Gasteiger partial charge in [0.15, 0.2) is 5.60 Å². The quantitative estimate of drug-likeness (QED) is 0.839. The van der Waals surface area contributed by atoms with Crippen LogP contribution < -0.4 is 11.1 Å². The normalized spacial score (nSPS) is 22.8. The number of aryl methyl sites for hydroxylation is 2. The van der Waals surface area contributed by atoms with E-state index in [2.05, 4.69) is 39.1 Å². The number of amides is 1. The Balaban J connectivity index is 2.66. The lowest BCUT2D eigenvalue weighted by atomic mass is 9.83. The van der Waals surface area contributed by atoms with Gasteiger partial charge in [0.05, 0.1) is 6.54 Å². The van der Waals surface area contributed by atoms with E-state index in [9.17, 15) is 4.79 Å². The molecule has 1 aliphatic heterocycles. The first-order valence-electron chi connectivity index (χ1n) is 6.16. The van der Waals surface area contributed by atoms with Crippen LogP contribution in [0.15, 0.2) is 6.07 Å². The van der Waals surface area contributed by atoms with E-state index in [0.29, 0.717) is 6.54 Å². The summed E-state index contributed by atoms with van der Waals surface area (Å²) in [6.45, 7) is 8.98. The molecule has 1 fully saturated rings. The molecule has 1 heterocycles. The third kappa shape index (κ3) is 1.77. The van der Waals surface area contributed by atoms with Crippen molar-refractivity contribution in [3.8, 4) is 0 Å². The maximum atomic E-state index is 11.4. The van der Waals surface area contributed by atoms with Gasteiger partial charge in [-0.15, -0.1) is 0 Å². The molecule has 4 nitrogen and oxygen atoms in total. The first-order chi connectivity index (χ1) is 8.41. The summed E-state index contributed by atoms with van der Waals surface area (Å²) < 4.78 is 5.48. The Kier molecular flexibility index (Phi) is 3.07. The highest BCUT2D eigenvalue weighted by atomic mass is 16.6. The SMILES string of the molecule is Cc1cc(C)c(C)c(C2(CN)CNC(=O)O2)c1C. The van der Waals surface area contributed by atoms with Crippen molar-refractivity contribution >= 4 is 6.09 Å². The van der Waals surface area contributed by atoms with Crippen molar-refractivity contribution < 1.29 is 9.53 Å². The summed E-state index contributed by atoms with van der Waals surface area (Å²) >= 11 is 0. The highest BCUT2D eigenvalue weighted by molar-refractivity contribution is 5.71. The van der Waals surface area contributed by atoms with E-state index in [0.717, 1.165) is 16.7 Å². The summed E-state index contributed by atoms with van der Waals surface area (Å²) in [4.78, 5) is 11.4. The van der Waals surface area contributed by atoms with Crippen LogP contribution in [0.3, 0.4) is 0 Å². The van der Waals surface area contributed by atoms with E-state index in [1.165, 1.54) is 11.1 Å². The van der Waals surface area contributed by atoms with Crippen LogP contribution in [-0.2, 0) is 10.3 Å². The lowest BCUT2D eigenvalue weighted by Gasteiger charge is -2.30. The van der Waals surface area contributed by atoms with Gasteiger partial charge in [-0.1, -0.05) is 6.07 Å². The Morgan fingerprint density at radius 1 is 1.28 bits per heavy atom. The van der Waals surface area contributed by atoms with Crippen molar-refractivity contribution in [1.29, 1.82) is 0 Å². The van der Waals surface area contributed by atoms with Crippen LogP contribution in [0, 0.1) is 27.7 Å². The molecule has 1 aromatic rings. The smallest absolute Gasteiger partial charge is 0.408 e. The number of carbonyl (C=O) groups is 1. The molecule has 2 rings (SSSR count). The second-order valence-electron chi connectivity index (χ2n) is 5.08. The molecule has 1 unspecified atom stereocenters. The average Bonchev–Trinajstić information content (AvgIpc) is 2.70. The number of cyclic esters (lactones) is 1. The van der Waals surface area contributed by atoms with Gasteiger partial charge >= 0.3 is 6.09 Å². The zero-order valence-electron chi connectivity index (χ0n) is 11.4. The van der Waals surface area contributed by atoms with E-state index in [4.69, 9.17) is 10.5 Å². The second-order valence-corrected chi connectivity index (χ2v) is 5.08. The van der Waals surface area contributed by atoms with Gasteiger partial charge in [-0.2, -0.15) is 0 Å². The van der Waals surface area contributed by atoms with Gasteiger partial charge in [-0.25, -0.2) is 4.79 Å². The fourth-order valence-corrected chi connectivity index (χ4v) is 2.72. The largest absolute Gasteiger partial charge is 0.435 e. The number of rotatable bonds is 2. The van der Waals surface area contributed by atoms with Gasteiger partial charge in [-0.05, 0) is 49.9 Å². The predicted molar refractivity (Wildman–Crippen MR) is 70.6 cm³/mol. The molecule has 1 saturated heterocycles. The van der Waals surface area contributed by atoms with Crippen molar-refractivity contribution in [3.63, 3.8) is 0 Å². The lowest BCUT2D eigenvalue weighted by Crippen LogP contribution is -2.40. The number of hydrogen-bond donors (Lipinski definition) is 2.